The lowest BCUT2D eigenvalue weighted by Gasteiger charge is -2.32. The number of hydrogen-bond donors (Lipinski definition) is 0. The van der Waals surface area contributed by atoms with Crippen molar-refractivity contribution in [2.24, 2.45) is 0 Å². The fourth-order valence-electron chi connectivity index (χ4n) is 2.57. The molecule has 2 fully saturated rings. The third-order valence-electron chi connectivity index (χ3n) is 4.78. The number of rotatable bonds is 2. The minimum atomic E-state index is -0.763. The summed E-state index contributed by atoms with van der Waals surface area (Å²) < 4.78 is 26.6. The molecule has 3 nitrogen and oxygen atoms in total. The molecule has 21 heavy (non-hydrogen) atoms. The van der Waals surface area contributed by atoms with Gasteiger partial charge in [-0.2, -0.15) is 5.26 Å². The van der Waals surface area contributed by atoms with Crippen LogP contribution in [0.5, 0.6) is 0 Å². The predicted molar refractivity (Wildman–Crippen MR) is 78.8 cm³/mol. The number of nitrogens with zero attached hydrogens (tertiary/aromatic N) is 1. The summed E-state index contributed by atoms with van der Waals surface area (Å²) in [6.45, 7) is 7.73. The molecule has 5 heteroatoms. The van der Waals surface area contributed by atoms with Gasteiger partial charge >= 0.3 is 7.12 Å². The van der Waals surface area contributed by atoms with Crippen molar-refractivity contribution < 1.29 is 13.7 Å². The van der Waals surface area contributed by atoms with E-state index in [2.05, 4.69) is 6.07 Å². The van der Waals surface area contributed by atoms with Crippen molar-refractivity contribution in [2.45, 2.75) is 57.7 Å². The highest BCUT2D eigenvalue weighted by Gasteiger charge is 2.52. The summed E-state index contributed by atoms with van der Waals surface area (Å²) >= 11 is 0. The zero-order chi connectivity index (χ0) is 15.4. The van der Waals surface area contributed by atoms with Crippen LogP contribution in [0.4, 0.5) is 4.39 Å². The molecule has 110 valence electrons. The Morgan fingerprint density at radius 1 is 1.19 bits per heavy atom. The highest BCUT2D eigenvalue weighted by atomic mass is 19.1. The molecular weight excluding hydrogens is 268 g/mol. The number of hydrogen-bond acceptors (Lipinski definition) is 3. The highest BCUT2D eigenvalue weighted by molar-refractivity contribution is 6.62. The van der Waals surface area contributed by atoms with Crippen LogP contribution in [0.15, 0.2) is 12.1 Å². The molecule has 0 radical (unpaired) electrons. The highest BCUT2D eigenvalue weighted by Crippen LogP contribution is 2.42. The largest absolute Gasteiger partial charge is 0.497 e. The standard InChI is InChI=1S/C16H19BFNO2/c1-15(2)16(3,4)21-17(20-15)13-8-10(9-19)7-12(14(13)18)11-5-6-11/h7-8,11H,5-6H2,1-4H3. The van der Waals surface area contributed by atoms with E-state index in [1.807, 2.05) is 27.7 Å². The predicted octanol–water partition coefficient (Wildman–Crippen LogP) is 2.87. The van der Waals surface area contributed by atoms with Crippen LogP contribution >= 0.6 is 0 Å². The lowest BCUT2D eigenvalue weighted by molar-refractivity contribution is 0.00578. The molecule has 0 spiro atoms. The molecule has 1 saturated heterocycles. The van der Waals surface area contributed by atoms with Crippen LogP contribution in [0.25, 0.3) is 0 Å². The topological polar surface area (TPSA) is 42.2 Å². The second-order valence-corrected chi connectivity index (χ2v) is 6.94. The molecule has 1 heterocycles. The fraction of sp³-hybridized carbons (Fsp3) is 0.562. The van der Waals surface area contributed by atoms with Gasteiger partial charge in [0.2, 0.25) is 0 Å². The van der Waals surface area contributed by atoms with E-state index in [0.717, 1.165) is 12.8 Å². The monoisotopic (exact) mass is 287 g/mol. The van der Waals surface area contributed by atoms with Crippen LogP contribution in [0.1, 0.15) is 57.6 Å². The van der Waals surface area contributed by atoms with Gasteiger partial charge in [0.1, 0.15) is 5.82 Å². The lowest BCUT2D eigenvalue weighted by Crippen LogP contribution is -2.41. The Hall–Kier alpha value is -1.38. The van der Waals surface area contributed by atoms with Gasteiger partial charge in [0, 0.05) is 5.46 Å². The summed E-state index contributed by atoms with van der Waals surface area (Å²) in [6.07, 6.45) is 1.96. The Kier molecular flexibility index (Phi) is 3.16. The Morgan fingerprint density at radius 2 is 1.76 bits per heavy atom. The second-order valence-electron chi connectivity index (χ2n) is 6.94. The van der Waals surface area contributed by atoms with Gasteiger partial charge in [-0.15, -0.1) is 0 Å². The molecule has 3 rings (SSSR count). The summed E-state index contributed by atoms with van der Waals surface area (Å²) in [5, 5.41) is 9.17. The van der Waals surface area contributed by atoms with Gasteiger partial charge in [-0.05, 0) is 64.2 Å². The molecule has 2 aliphatic rings. The zero-order valence-electron chi connectivity index (χ0n) is 12.9. The van der Waals surface area contributed by atoms with Crippen LogP contribution in [0.2, 0.25) is 0 Å². The number of benzene rings is 1. The van der Waals surface area contributed by atoms with E-state index in [0.29, 0.717) is 16.6 Å². The zero-order valence-corrected chi connectivity index (χ0v) is 12.9. The molecule has 1 aliphatic carbocycles. The van der Waals surface area contributed by atoms with Crippen LogP contribution in [-0.2, 0) is 9.31 Å². The Balaban J connectivity index is 2.03. The third kappa shape index (κ3) is 2.37. The number of nitriles is 1. The van der Waals surface area contributed by atoms with Crippen LogP contribution in [0, 0.1) is 17.1 Å². The van der Waals surface area contributed by atoms with Gasteiger partial charge in [-0.1, -0.05) is 0 Å². The molecule has 0 bridgehead atoms. The normalized spacial score (nSPS) is 23.1. The van der Waals surface area contributed by atoms with Crippen molar-refractivity contribution in [3.63, 3.8) is 0 Å². The van der Waals surface area contributed by atoms with Gasteiger partial charge < -0.3 is 9.31 Å². The molecule has 0 atom stereocenters. The molecule has 1 aromatic rings. The van der Waals surface area contributed by atoms with Crippen molar-refractivity contribution in [2.75, 3.05) is 0 Å². The number of halogens is 1. The van der Waals surface area contributed by atoms with Crippen molar-refractivity contribution in [3.8, 4) is 6.07 Å². The van der Waals surface area contributed by atoms with Crippen molar-refractivity contribution in [1.29, 1.82) is 5.26 Å². The van der Waals surface area contributed by atoms with Crippen LogP contribution < -0.4 is 5.46 Å². The van der Waals surface area contributed by atoms with E-state index in [1.54, 1.807) is 12.1 Å². The summed E-state index contributed by atoms with van der Waals surface area (Å²) in [6, 6.07) is 5.30. The molecule has 0 aromatic heterocycles. The van der Waals surface area contributed by atoms with E-state index in [9.17, 15) is 9.65 Å². The average molecular weight is 287 g/mol. The molecule has 1 aliphatic heterocycles. The van der Waals surface area contributed by atoms with Crippen LogP contribution in [0.3, 0.4) is 0 Å². The molecule has 1 aromatic carbocycles. The van der Waals surface area contributed by atoms with Gasteiger partial charge in [0.25, 0.3) is 0 Å². The quantitative estimate of drug-likeness (QED) is 0.785. The SMILES string of the molecule is CC1(C)OB(c2cc(C#N)cc(C3CC3)c2F)OC1(C)C. The Labute approximate surface area is 125 Å². The van der Waals surface area contributed by atoms with E-state index < -0.39 is 18.3 Å². The van der Waals surface area contributed by atoms with Crippen molar-refractivity contribution in [1.82, 2.24) is 0 Å². The molecule has 0 unspecified atom stereocenters. The van der Waals surface area contributed by atoms with E-state index in [1.165, 1.54) is 0 Å². The summed E-state index contributed by atoms with van der Waals surface area (Å²) in [5.74, 6) is -0.0468. The van der Waals surface area contributed by atoms with E-state index >= 15 is 0 Å². The lowest BCUT2D eigenvalue weighted by atomic mass is 9.76. The first-order valence-corrected chi connectivity index (χ1v) is 7.34. The van der Waals surface area contributed by atoms with E-state index in [-0.39, 0.29) is 11.7 Å². The average Bonchev–Trinajstić information content (AvgIpc) is 3.18. The third-order valence-corrected chi connectivity index (χ3v) is 4.78. The minimum absolute atomic E-state index is 0.236. The maximum absolute atomic E-state index is 14.8. The first-order valence-electron chi connectivity index (χ1n) is 7.34. The minimum Gasteiger partial charge on any atom is -0.399 e. The van der Waals surface area contributed by atoms with Crippen molar-refractivity contribution >= 4 is 12.6 Å². The Morgan fingerprint density at radius 3 is 2.24 bits per heavy atom. The molecule has 0 amide bonds. The summed E-state index contributed by atoms with van der Waals surface area (Å²) in [5.41, 5.74) is 0.385. The molecule has 1 saturated carbocycles. The Bertz CT molecular complexity index is 616. The molecule has 0 N–H and O–H groups in total. The maximum Gasteiger partial charge on any atom is 0.497 e. The fourth-order valence-corrected chi connectivity index (χ4v) is 2.57. The molecular formula is C16H19BFNO2. The van der Waals surface area contributed by atoms with Gasteiger partial charge in [-0.3, -0.25) is 0 Å². The second kappa shape index (κ2) is 4.56. The maximum atomic E-state index is 14.8. The summed E-state index contributed by atoms with van der Waals surface area (Å²) in [4.78, 5) is 0. The van der Waals surface area contributed by atoms with Gasteiger partial charge in [0.05, 0.1) is 22.8 Å². The van der Waals surface area contributed by atoms with E-state index in [4.69, 9.17) is 9.31 Å². The van der Waals surface area contributed by atoms with Crippen LogP contribution in [-0.4, -0.2) is 18.3 Å². The van der Waals surface area contributed by atoms with Crippen molar-refractivity contribution in [3.05, 3.63) is 29.1 Å². The summed E-state index contributed by atoms with van der Waals surface area (Å²) in [7, 11) is -0.763. The first-order chi connectivity index (χ1) is 9.75. The first kappa shape index (κ1) is 14.6. The van der Waals surface area contributed by atoms with Gasteiger partial charge in [-0.25, -0.2) is 4.39 Å². The van der Waals surface area contributed by atoms with Gasteiger partial charge in [0.15, 0.2) is 0 Å². The smallest absolute Gasteiger partial charge is 0.399 e.